The maximum absolute atomic E-state index is 13.2. The van der Waals surface area contributed by atoms with Crippen LogP contribution in [0.5, 0.6) is 0 Å². The first-order valence-corrected chi connectivity index (χ1v) is 11.8. The Hall–Kier alpha value is -3.00. The van der Waals surface area contributed by atoms with Gasteiger partial charge in [0.25, 0.3) is 0 Å². The van der Waals surface area contributed by atoms with E-state index >= 15 is 0 Å². The molecular formula is C25H34N6O2. The van der Waals surface area contributed by atoms with Crippen LogP contribution in [0.25, 0.3) is 0 Å². The van der Waals surface area contributed by atoms with Crippen molar-refractivity contribution in [3.63, 3.8) is 0 Å². The molecule has 4 rings (SSSR count). The monoisotopic (exact) mass is 450 g/mol. The third-order valence-corrected chi connectivity index (χ3v) is 6.75. The zero-order valence-electron chi connectivity index (χ0n) is 19.6. The topological polar surface area (TPSA) is 96.9 Å². The molecule has 0 saturated carbocycles. The smallest absolute Gasteiger partial charge is 0.225 e. The first-order valence-electron chi connectivity index (χ1n) is 11.8. The molecule has 2 aromatic heterocycles. The fourth-order valence-corrected chi connectivity index (χ4v) is 4.87. The van der Waals surface area contributed by atoms with Crippen LogP contribution in [-0.4, -0.2) is 64.7 Å². The predicted molar refractivity (Wildman–Crippen MR) is 128 cm³/mol. The highest BCUT2D eigenvalue weighted by Gasteiger charge is 2.32. The molecule has 8 nitrogen and oxygen atoms in total. The van der Waals surface area contributed by atoms with E-state index < -0.39 is 0 Å². The summed E-state index contributed by atoms with van der Waals surface area (Å²) >= 11 is 0. The van der Waals surface area contributed by atoms with Gasteiger partial charge < -0.3 is 15.5 Å². The highest BCUT2D eigenvalue weighted by Crippen LogP contribution is 2.26. The lowest BCUT2D eigenvalue weighted by atomic mass is 9.88. The molecule has 0 bridgehead atoms. The fourth-order valence-electron chi connectivity index (χ4n) is 4.87. The molecule has 4 heterocycles. The van der Waals surface area contributed by atoms with Crippen molar-refractivity contribution in [3.05, 3.63) is 53.5 Å². The molecule has 0 unspecified atom stereocenters. The number of carbonyl (C=O) groups is 1. The van der Waals surface area contributed by atoms with E-state index in [0.29, 0.717) is 11.7 Å². The molecule has 0 atom stereocenters. The van der Waals surface area contributed by atoms with Crippen molar-refractivity contribution in [2.24, 2.45) is 17.0 Å². The Morgan fingerprint density at radius 1 is 1.09 bits per heavy atom. The standard InChI is InChI=1S/C25H34N6O2/c1-18-3-4-22(28-16-18)24(29-33-2)20-8-13-31(14-9-20)25(32)21-6-11-30(12-7-21)17-19-5-10-27-23(26)15-19/h3-5,10,15-16,20-21H,6-9,11-14,17H2,1-2H3,(H2,26,27). The van der Waals surface area contributed by atoms with E-state index in [0.717, 1.165) is 75.4 Å². The number of rotatable bonds is 6. The van der Waals surface area contributed by atoms with Gasteiger partial charge >= 0.3 is 0 Å². The maximum atomic E-state index is 13.2. The molecular weight excluding hydrogens is 416 g/mol. The van der Waals surface area contributed by atoms with Crippen LogP contribution in [0.2, 0.25) is 0 Å². The number of oxime groups is 1. The number of hydrogen-bond donors (Lipinski definition) is 1. The van der Waals surface area contributed by atoms with Gasteiger partial charge in [0.15, 0.2) is 0 Å². The first-order chi connectivity index (χ1) is 16.0. The Kier molecular flexibility index (Phi) is 7.54. The lowest BCUT2D eigenvalue weighted by Gasteiger charge is -2.37. The molecule has 0 spiro atoms. The zero-order valence-corrected chi connectivity index (χ0v) is 19.6. The van der Waals surface area contributed by atoms with Crippen molar-refractivity contribution >= 4 is 17.4 Å². The third-order valence-electron chi connectivity index (χ3n) is 6.75. The second kappa shape index (κ2) is 10.7. The minimum atomic E-state index is 0.117. The lowest BCUT2D eigenvalue weighted by Crippen LogP contribution is -2.46. The zero-order chi connectivity index (χ0) is 23.2. The number of nitrogens with two attached hydrogens (primary N) is 1. The number of nitrogens with zero attached hydrogens (tertiary/aromatic N) is 5. The Bertz CT molecular complexity index is 961. The molecule has 0 aliphatic carbocycles. The molecule has 2 aliphatic rings. The number of pyridine rings is 2. The number of carbonyl (C=O) groups excluding carboxylic acids is 1. The van der Waals surface area contributed by atoms with Crippen molar-refractivity contribution in [2.45, 2.75) is 39.2 Å². The minimum Gasteiger partial charge on any atom is -0.399 e. The molecule has 8 heteroatoms. The molecule has 2 N–H and O–H groups in total. The summed E-state index contributed by atoms with van der Waals surface area (Å²) in [6.07, 6.45) is 7.18. The van der Waals surface area contributed by atoms with Crippen molar-refractivity contribution in [2.75, 3.05) is 39.0 Å². The molecule has 2 aromatic rings. The molecule has 0 aromatic carbocycles. The van der Waals surface area contributed by atoms with Gasteiger partial charge in [0.05, 0.1) is 5.69 Å². The van der Waals surface area contributed by atoms with Crippen molar-refractivity contribution in [1.29, 1.82) is 0 Å². The van der Waals surface area contributed by atoms with Gasteiger partial charge in [-0.25, -0.2) is 4.98 Å². The number of piperidine rings is 2. The quantitative estimate of drug-likeness (QED) is 0.537. The van der Waals surface area contributed by atoms with Crippen molar-refractivity contribution in [1.82, 2.24) is 19.8 Å². The van der Waals surface area contributed by atoms with Gasteiger partial charge in [0, 0.05) is 43.9 Å². The summed E-state index contributed by atoms with van der Waals surface area (Å²) in [7, 11) is 1.57. The second-order valence-electron chi connectivity index (χ2n) is 9.12. The summed E-state index contributed by atoms with van der Waals surface area (Å²) in [5, 5.41) is 4.29. The van der Waals surface area contributed by atoms with Crippen LogP contribution in [0.1, 0.15) is 42.5 Å². The van der Waals surface area contributed by atoms with E-state index in [2.05, 4.69) is 20.0 Å². The molecule has 176 valence electrons. The second-order valence-corrected chi connectivity index (χ2v) is 9.12. The van der Waals surface area contributed by atoms with Crippen molar-refractivity contribution in [3.8, 4) is 0 Å². The van der Waals surface area contributed by atoms with Gasteiger partial charge in [0.2, 0.25) is 5.91 Å². The van der Waals surface area contributed by atoms with Gasteiger partial charge in [-0.3, -0.25) is 14.7 Å². The van der Waals surface area contributed by atoms with E-state index in [4.69, 9.17) is 10.6 Å². The van der Waals surface area contributed by atoms with Crippen molar-refractivity contribution < 1.29 is 9.63 Å². The number of likely N-dealkylation sites (tertiary alicyclic amines) is 2. The third kappa shape index (κ3) is 5.87. The summed E-state index contributed by atoms with van der Waals surface area (Å²) in [4.78, 5) is 31.3. The van der Waals surface area contributed by atoms with E-state index in [9.17, 15) is 4.79 Å². The van der Waals surface area contributed by atoms with Crippen LogP contribution < -0.4 is 5.73 Å². The van der Waals surface area contributed by atoms with E-state index in [1.165, 1.54) is 5.56 Å². The Morgan fingerprint density at radius 3 is 2.45 bits per heavy atom. The van der Waals surface area contributed by atoms with Crippen LogP contribution in [0.3, 0.4) is 0 Å². The number of hydrogen-bond acceptors (Lipinski definition) is 7. The Balaban J connectivity index is 1.28. The summed E-state index contributed by atoms with van der Waals surface area (Å²) in [5.41, 5.74) is 9.83. The summed E-state index contributed by atoms with van der Waals surface area (Å²) in [6.45, 7) is 6.25. The van der Waals surface area contributed by atoms with Gasteiger partial charge in [0.1, 0.15) is 18.6 Å². The van der Waals surface area contributed by atoms with Gasteiger partial charge in [-0.2, -0.15) is 0 Å². The highest BCUT2D eigenvalue weighted by molar-refractivity contribution is 6.00. The van der Waals surface area contributed by atoms with Crippen LogP contribution in [-0.2, 0) is 16.2 Å². The molecule has 1 amide bonds. The molecule has 33 heavy (non-hydrogen) atoms. The number of aryl methyl sites for hydroxylation is 1. The highest BCUT2D eigenvalue weighted by atomic mass is 16.6. The normalized spacial score (nSPS) is 19.0. The average Bonchev–Trinajstić information content (AvgIpc) is 2.83. The average molecular weight is 451 g/mol. The van der Waals surface area contributed by atoms with Crippen LogP contribution in [0.15, 0.2) is 41.8 Å². The summed E-state index contributed by atoms with van der Waals surface area (Å²) in [6, 6.07) is 7.97. The molecule has 2 saturated heterocycles. The number of aromatic nitrogens is 2. The summed E-state index contributed by atoms with van der Waals surface area (Å²) < 4.78 is 0. The van der Waals surface area contributed by atoms with E-state index in [1.807, 2.05) is 42.3 Å². The van der Waals surface area contributed by atoms with Crippen LogP contribution in [0.4, 0.5) is 5.82 Å². The van der Waals surface area contributed by atoms with E-state index in [-0.39, 0.29) is 11.8 Å². The van der Waals surface area contributed by atoms with Gasteiger partial charge in [-0.05, 0) is 75.0 Å². The Labute approximate surface area is 195 Å². The largest absolute Gasteiger partial charge is 0.399 e. The minimum absolute atomic E-state index is 0.117. The SMILES string of the molecule is CON=C(c1ccc(C)cn1)C1CCN(C(=O)C2CCN(Cc3ccnc(N)c3)CC2)CC1. The van der Waals surface area contributed by atoms with Gasteiger partial charge in [-0.1, -0.05) is 11.2 Å². The predicted octanol–water partition coefficient (Wildman–Crippen LogP) is 2.87. The molecule has 2 aliphatic heterocycles. The number of nitrogen functional groups attached to an aromatic ring is 1. The lowest BCUT2D eigenvalue weighted by molar-refractivity contribution is -0.138. The first kappa shape index (κ1) is 23.2. The number of anilines is 1. The number of amides is 1. The molecule has 2 fully saturated rings. The maximum Gasteiger partial charge on any atom is 0.225 e. The Morgan fingerprint density at radius 2 is 1.82 bits per heavy atom. The van der Waals surface area contributed by atoms with Gasteiger partial charge in [-0.15, -0.1) is 0 Å². The van der Waals surface area contributed by atoms with Crippen LogP contribution >= 0.6 is 0 Å². The van der Waals surface area contributed by atoms with Crippen LogP contribution in [0, 0.1) is 18.8 Å². The summed E-state index contributed by atoms with van der Waals surface area (Å²) in [5.74, 6) is 1.22. The molecule has 0 radical (unpaired) electrons. The fraction of sp³-hybridized carbons (Fsp3) is 0.520. The van der Waals surface area contributed by atoms with E-state index in [1.54, 1.807) is 13.3 Å².